The van der Waals surface area contributed by atoms with Gasteiger partial charge in [-0.3, -0.25) is 4.79 Å². The minimum atomic E-state index is -0.895. The van der Waals surface area contributed by atoms with E-state index in [4.69, 9.17) is 15.9 Å². The Bertz CT molecular complexity index is 205. The average molecular weight is 212 g/mol. The summed E-state index contributed by atoms with van der Waals surface area (Å²) in [5, 5.41) is 22.4. The first kappa shape index (κ1) is 13.8. The van der Waals surface area contributed by atoms with Crippen LogP contribution >= 0.6 is 0 Å². The molecule has 3 N–H and O–H groups in total. The molecule has 1 unspecified atom stereocenters. The third kappa shape index (κ3) is 7.85. The summed E-state index contributed by atoms with van der Waals surface area (Å²) < 4.78 is 0. The van der Waals surface area contributed by atoms with Gasteiger partial charge in [-0.05, 0) is 25.5 Å². The summed E-state index contributed by atoms with van der Waals surface area (Å²) in [6.07, 6.45) is 9.01. The molecule has 86 valence electrons. The summed E-state index contributed by atoms with van der Waals surface area (Å²) in [4.78, 5) is 10.6. The number of unbranched alkanes of at least 4 members (excludes halogenated alkanes) is 5. The van der Waals surface area contributed by atoms with Crippen molar-refractivity contribution < 1.29 is 9.90 Å². The van der Waals surface area contributed by atoms with Crippen LogP contribution in [0.3, 0.4) is 0 Å². The molecule has 0 aliphatic heterocycles. The van der Waals surface area contributed by atoms with Crippen LogP contribution in [0.1, 0.15) is 44.9 Å². The van der Waals surface area contributed by atoms with Gasteiger partial charge in [0.05, 0.1) is 5.92 Å². The molecule has 0 rings (SSSR count). The van der Waals surface area contributed by atoms with E-state index in [1.807, 2.05) is 0 Å². The Morgan fingerprint density at radius 1 is 1.13 bits per heavy atom. The highest BCUT2D eigenvalue weighted by atomic mass is 16.4. The molecule has 15 heavy (non-hydrogen) atoms. The molecular formula is C11H20N2O2. The van der Waals surface area contributed by atoms with Crippen molar-refractivity contribution in [2.24, 2.45) is 5.92 Å². The Labute approximate surface area is 90.7 Å². The topological polar surface area (TPSA) is 85.0 Å². The monoisotopic (exact) mass is 212 g/mol. The van der Waals surface area contributed by atoms with E-state index < -0.39 is 11.9 Å². The second kappa shape index (κ2) is 9.37. The van der Waals surface area contributed by atoms with Gasteiger partial charge >= 0.3 is 5.97 Å². The van der Waals surface area contributed by atoms with Crippen LogP contribution < -0.4 is 0 Å². The number of carboxylic acids is 1. The predicted molar refractivity (Wildman–Crippen MR) is 61.0 cm³/mol. The Morgan fingerprint density at radius 3 is 2.27 bits per heavy atom. The number of nitrogens with one attached hydrogen (secondary N) is 2. The van der Waals surface area contributed by atoms with E-state index in [0.29, 0.717) is 6.42 Å². The van der Waals surface area contributed by atoms with E-state index in [2.05, 4.69) is 0 Å². The molecule has 4 nitrogen and oxygen atoms in total. The van der Waals surface area contributed by atoms with Crippen LogP contribution in [0.2, 0.25) is 0 Å². The van der Waals surface area contributed by atoms with Gasteiger partial charge in [0.2, 0.25) is 0 Å². The van der Waals surface area contributed by atoms with Crippen LogP contribution in [0.25, 0.3) is 0 Å². The first-order chi connectivity index (χ1) is 7.22. The van der Waals surface area contributed by atoms with Gasteiger partial charge in [0.25, 0.3) is 0 Å². The Hall–Kier alpha value is -1.19. The lowest BCUT2D eigenvalue weighted by molar-refractivity contribution is -0.139. The molecule has 0 saturated heterocycles. The second-order valence-electron chi connectivity index (χ2n) is 3.66. The maximum absolute atomic E-state index is 10.6. The second-order valence-corrected chi connectivity index (χ2v) is 3.66. The molecule has 1 atom stereocenters. The zero-order valence-corrected chi connectivity index (χ0v) is 9.04. The van der Waals surface area contributed by atoms with Gasteiger partial charge in [0.15, 0.2) is 0 Å². The fourth-order valence-corrected chi connectivity index (χ4v) is 1.42. The lowest BCUT2D eigenvalue weighted by Gasteiger charge is -2.05. The fraction of sp³-hybridized carbons (Fsp3) is 0.727. The van der Waals surface area contributed by atoms with Gasteiger partial charge in [-0.15, -0.1) is 0 Å². The third-order valence-corrected chi connectivity index (χ3v) is 2.38. The minimum absolute atomic E-state index is 0.573. The van der Waals surface area contributed by atoms with E-state index in [-0.39, 0.29) is 0 Å². The van der Waals surface area contributed by atoms with Crippen LogP contribution in [0.15, 0.2) is 0 Å². The van der Waals surface area contributed by atoms with Crippen molar-refractivity contribution in [3.05, 3.63) is 0 Å². The number of rotatable bonds is 10. The summed E-state index contributed by atoms with van der Waals surface area (Å²) in [6.45, 7) is 0. The largest absolute Gasteiger partial charge is 0.481 e. The molecule has 0 radical (unpaired) electrons. The number of carbonyl (C=O) groups is 1. The maximum Gasteiger partial charge on any atom is 0.311 e. The standard InChI is InChI=1S/C11H20N2O2/c12-8-6-4-2-1-3-5-7-10(9-13)11(14)15/h8-10,12-13H,1-7H2,(H,14,15). The molecule has 0 saturated carbocycles. The van der Waals surface area contributed by atoms with Crippen molar-refractivity contribution in [1.82, 2.24) is 0 Å². The van der Waals surface area contributed by atoms with Gasteiger partial charge in [0.1, 0.15) is 0 Å². The maximum atomic E-state index is 10.6. The summed E-state index contributed by atoms with van der Waals surface area (Å²) in [5.74, 6) is -1.50. The van der Waals surface area contributed by atoms with Gasteiger partial charge in [-0.1, -0.05) is 25.7 Å². The van der Waals surface area contributed by atoms with E-state index in [1.54, 1.807) is 0 Å². The van der Waals surface area contributed by atoms with Gasteiger partial charge in [-0.2, -0.15) is 0 Å². The lowest BCUT2D eigenvalue weighted by Crippen LogP contribution is -2.14. The molecule has 0 amide bonds. The van der Waals surface area contributed by atoms with Crippen molar-refractivity contribution in [2.45, 2.75) is 44.9 Å². The molecule has 0 aromatic carbocycles. The van der Waals surface area contributed by atoms with Crippen LogP contribution in [0.5, 0.6) is 0 Å². The van der Waals surface area contributed by atoms with Crippen LogP contribution in [-0.2, 0) is 4.79 Å². The van der Waals surface area contributed by atoms with Gasteiger partial charge in [-0.25, -0.2) is 0 Å². The van der Waals surface area contributed by atoms with Crippen molar-refractivity contribution in [1.29, 1.82) is 10.8 Å². The normalized spacial score (nSPS) is 12.0. The number of aliphatic carboxylic acids is 1. The number of hydrogen-bond donors (Lipinski definition) is 3. The quantitative estimate of drug-likeness (QED) is 0.384. The Morgan fingerprint density at radius 2 is 1.73 bits per heavy atom. The fourth-order valence-electron chi connectivity index (χ4n) is 1.42. The van der Waals surface area contributed by atoms with E-state index in [9.17, 15) is 4.79 Å². The SMILES string of the molecule is N=CCCCCCCCC(C=N)C(=O)O. The van der Waals surface area contributed by atoms with E-state index >= 15 is 0 Å². The van der Waals surface area contributed by atoms with Gasteiger partial charge in [0, 0.05) is 6.21 Å². The number of hydrogen-bond acceptors (Lipinski definition) is 3. The molecular weight excluding hydrogens is 192 g/mol. The summed E-state index contributed by atoms with van der Waals surface area (Å²) in [7, 11) is 0. The highest BCUT2D eigenvalue weighted by Gasteiger charge is 2.12. The summed E-state index contributed by atoms with van der Waals surface area (Å²) in [5.41, 5.74) is 0. The molecule has 0 spiro atoms. The molecule has 0 aliphatic rings. The van der Waals surface area contributed by atoms with E-state index in [1.165, 1.54) is 6.21 Å². The molecule has 0 aliphatic carbocycles. The van der Waals surface area contributed by atoms with Crippen LogP contribution in [0.4, 0.5) is 0 Å². The van der Waals surface area contributed by atoms with Gasteiger partial charge < -0.3 is 15.9 Å². The molecule has 0 bridgehead atoms. The Balaban J connectivity index is 3.33. The highest BCUT2D eigenvalue weighted by molar-refractivity contribution is 5.87. The lowest BCUT2D eigenvalue weighted by atomic mass is 10.0. The summed E-state index contributed by atoms with van der Waals surface area (Å²) in [6, 6.07) is 0. The molecule has 0 aromatic rings. The average Bonchev–Trinajstić information content (AvgIpc) is 2.21. The molecule has 0 aromatic heterocycles. The highest BCUT2D eigenvalue weighted by Crippen LogP contribution is 2.11. The van der Waals surface area contributed by atoms with Crippen LogP contribution in [-0.4, -0.2) is 23.5 Å². The predicted octanol–water partition coefficient (Wildman–Crippen LogP) is 2.72. The Kier molecular flexibility index (Phi) is 8.63. The third-order valence-electron chi connectivity index (χ3n) is 2.38. The first-order valence-corrected chi connectivity index (χ1v) is 5.44. The van der Waals surface area contributed by atoms with Crippen molar-refractivity contribution in [3.8, 4) is 0 Å². The smallest absolute Gasteiger partial charge is 0.311 e. The minimum Gasteiger partial charge on any atom is -0.481 e. The molecule has 0 heterocycles. The molecule has 0 fully saturated rings. The van der Waals surface area contributed by atoms with Crippen LogP contribution in [0, 0.1) is 16.7 Å². The van der Waals surface area contributed by atoms with E-state index in [0.717, 1.165) is 44.7 Å². The first-order valence-electron chi connectivity index (χ1n) is 5.44. The molecule has 4 heteroatoms. The number of carboxylic acid groups (broad SMARTS) is 1. The zero-order chi connectivity index (χ0) is 11.5. The summed E-state index contributed by atoms with van der Waals surface area (Å²) >= 11 is 0. The van der Waals surface area contributed by atoms with Crippen molar-refractivity contribution in [2.75, 3.05) is 0 Å². The van der Waals surface area contributed by atoms with Crippen molar-refractivity contribution in [3.63, 3.8) is 0 Å². The zero-order valence-electron chi connectivity index (χ0n) is 9.04. The van der Waals surface area contributed by atoms with Crippen molar-refractivity contribution >= 4 is 18.4 Å².